The lowest BCUT2D eigenvalue weighted by Crippen LogP contribution is -2.40. The molecule has 1 saturated heterocycles. The molecule has 1 aromatic heterocycles. The van der Waals surface area contributed by atoms with Crippen LogP contribution in [0.15, 0.2) is 22.6 Å². The number of rotatable bonds is 3. The van der Waals surface area contributed by atoms with Crippen LogP contribution in [0.3, 0.4) is 0 Å². The maximum atomic E-state index is 12.8. The molecule has 0 bridgehead atoms. The number of oxazole rings is 1. The second-order valence-electron chi connectivity index (χ2n) is 5.82. The minimum Gasteiger partial charge on any atom is -0.444 e. The SMILES string of the molecule is Cc1nc(CN2C(=O)NC(C)(c3ccc(Cl)c(Cl)c3)C2=O)oc1C. The molecule has 0 radical (unpaired) electrons. The zero-order chi connectivity index (χ0) is 17.6. The monoisotopic (exact) mass is 367 g/mol. The van der Waals surface area contributed by atoms with Gasteiger partial charge < -0.3 is 9.73 Å². The summed E-state index contributed by atoms with van der Waals surface area (Å²) in [6, 6.07) is 4.32. The second-order valence-corrected chi connectivity index (χ2v) is 6.64. The number of imide groups is 1. The van der Waals surface area contributed by atoms with Gasteiger partial charge in [-0.1, -0.05) is 29.3 Å². The van der Waals surface area contributed by atoms with Gasteiger partial charge in [0.1, 0.15) is 17.8 Å². The summed E-state index contributed by atoms with van der Waals surface area (Å²) < 4.78 is 5.46. The van der Waals surface area contributed by atoms with Crippen molar-refractivity contribution in [1.82, 2.24) is 15.2 Å². The highest BCUT2D eigenvalue weighted by atomic mass is 35.5. The Hall–Kier alpha value is -2.05. The molecule has 1 aromatic carbocycles. The van der Waals surface area contributed by atoms with Crippen molar-refractivity contribution < 1.29 is 14.0 Å². The van der Waals surface area contributed by atoms with Crippen molar-refractivity contribution in [3.05, 3.63) is 51.2 Å². The highest BCUT2D eigenvalue weighted by Gasteiger charge is 2.49. The van der Waals surface area contributed by atoms with Gasteiger partial charge in [0.05, 0.1) is 15.7 Å². The summed E-state index contributed by atoms with van der Waals surface area (Å²) in [6.45, 7) is 5.17. The van der Waals surface area contributed by atoms with E-state index in [1.807, 2.05) is 0 Å². The van der Waals surface area contributed by atoms with E-state index in [4.69, 9.17) is 27.6 Å². The van der Waals surface area contributed by atoms with Crippen LogP contribution in [-0.4, -0.2) is 21.8 Å². The van der Waals surface area contributed by atoms with Crippen LogP contribution in [0.25, 0.3) is 0 Å². The number of nitrogens with zero attached hydrogens (tertiary/aromatic N) is 2. The Morgan fingerprint density at radius 2 is 1.96 bits per heavy atom. The van der Waals surface area contributed by atoms with E-state index in [9.17, 15) is 9.59 Å². The number of nitrogens with one attached hydrogen (secondary N) is 1. The number of urea groups is 1. The smallest absolute Gasteiger partial charge is 0.325 e. The molecule has 24 heavy (non-hydrogen) atoms. The van der Waals surface area contributed by atoms with Gasteiger partial charge >= 0.3 is 6.03 Å². The molecule has 0 spiro atoms. The predicted octanol–water partition coefficient (Wildman–Crippen LogP) is 3.57. The number of aryl methyl sites for hydroxylation is 2. The summed E-state index contributed by atoms with van der Waals surface area (Å²) in [4.78, 5) is 30.4. The fraction of sp³-hybridized carbons (Fsp3) is 0.312. The normalized spacial score (nSPS) is 20.6. The third-order valence-corrected chi connectivity index (χ3v) is 4.88. The van der Waals surface area contributed by atoms with Crippen LogP contribution in [0.5, 0.6) is 0 Å². The quantitative estimate of drug-likeness (QED) is 0.841. The van der Waals surface area contributed by atoms with Crippen LogP contribution >= 0.6 is 23.2 Å². The molecule has 1 atom stereocenters. The van der Waals surface area contributed by atoms with E-state index in [-0.39, 0.29) is 6.54 Å². The minimum atomic E-state index is -1.22. The second kappa shape index (κ2) is 5.79. The molecule has 1 fully saturated rings. The molecule has 3 amide bonds. The maximum absolute atomic E-state index is 12.8. The standard InChI is InChI=1S/C16H15Cl2N3O3/c1-8-9(2)24-13(19-8)7-21-14(22)16(3,20-15(21)23)10-4-5-11(17)12(18)6-10/h4-6H,7H2,1-3H3,(H,20,23). The lowest BCUT2D eigenvalue weighted by atomic mass is 9.92. The number of carbonyl (C=O) groups excluding carboxylic acids is 2. The summed E-state index contributed by atoms with van der Waals surface area (Å²) in [5, 5.41) is 3.39. The molecule has 1 N–H and O–H groups in total. The molecule has 1 unspecified atom stereocenters. The Morgan fingerprint density at radius 1 is 1.25 bits per heavy atom. The molecule has 8 heteroatoms. The van der Waals surface area contributed by atoms with Gasteiger partial charge in [-0.15, -0.1) is 0 Å². The number of aromatic nitrogens is 1. The molecular weight excluding hydrogens is 353 g/mol. The summed E-state index contributed by atoms with van der Waals surface area (Å²) in [5.74, 6) is 0.565. The summed E-state index contributed by atoms with van der Waals surface area (Å²) >= 11 is 11.9. The van der Waals surface area contributed by atoms with Crippen LogP contribution in [0, 0.1) is 13.8 Å². The van der Waals surface area contributed by atoms with E-state index in [0.717, 1.165) is 10.6 Å². The minimum absolute atomic E-state index is 0.0315. The largest absolute Gasteiger partial charge is 0.444 e. The summed E-state index contributed by atoms with van der Waals surface area (Å²) in [5.41, 5.74) is 0.0592. The van der Waals surface area contributed by atoms with Crippen LogP contribution in [0.4, 0.5) is 4.79 Å². The first kappa shape index (κ1) is 16.8. The molecule has 2 heterocycles. The van der Waals surface area contributed by atoms with Gasteiger partial charge in [0.25, 0.3) is 5.91 Å². The number of halogens is 2. The first-order valence-corrected chi connectivity index (χ1v) is 8.00. The van der Waals surface area contributed by atoms with Gasteiger partial charge in [0, 0.05) is 0 Å². The van der Waals surface area contributed by atoms with Crippen LogP contribution in [-0.2, 0) is 16.9 Å². The van der Waals surface area contributed by atoms with Crippen molar-refractivity contribution in [3.8, 4) is 0 Å². The highest BCUT2D eigenvalue weighted by molar-refractivity contribution is 6.42. The summed E-state index contributed by atoms with van der Waals surface area (Å²) in [7, 11) is 0. The lowest BCUT2D eigenvalue weighted by Gasteiger charge is -2.22. The fourth-order valence-corrected chi connectivity index (χ4v) is 2.88. The van der Waals surface area contributed by atoms with Crippen LogP contribution in [0.1, 0.15) is 29.8 Å². The van der Waals surface area contributed by atoms with E-state index in [1.165, 1.54) is 0 Å². The summed E-state index contributed by atoms with van der Waals surface area (Å²) in [6.07, 6.45) is 0. The van der Waals surface area contributed by atoms with Gasteiger partial charge in [-0.2, -0.15) is 0 Å². The fourth-order valence-electron chi connectivity index (χ4n) is 2.59. The van der Waals surface area contributed by atoms with E-state index in [2.05, 4.69) is 10.3 Å². The van der Waals surface area contributed by atoms with Gasteiger partial charge in [-0.05, 0) is 38.5 Å². The third-order valence-electron chi connectivity index (χ3n) is 4.14. The number of benzene rings is 1. The third kappa shape index (κ3) is 2.65. The van der Waals surface area contributed by atoms with Crippen molar-refractivity contribution in [3.63, 3.8) is 0 Å². The van der Waals surface area contributed by atoms with Gasteiger partial charge in [0.2, 0.25) is 5.89 Å². The molecule has 6 nitrogen and oxygen atoms in total. The Kier molecular flexibility index (Phi) is 4.05. The Morgan fingerprint density at radius 3 is 2.54 bits per heavy atom. The van der Waals surface area contributed by atoms with E-state index < -0.39 is 17.5 Å². The zero-order valence-electron chi connectivity index (χ0n) is 13.3. The lowest BCUT2D eigenvalue weighted by molar-refractivity contribution is -0.131. The Balaban J connectivity index is 1.91. The number of hydrogen-bond donors (Lipinski definition) is 1. The van der Waals surface area contributed by atoms with E-state index in [1.54, 1.807) is 39.0 Å². The van der Waals surface area contributed by atoms with Crippen molar-refractivity contribution >= 4 is 35.1 Å². The predicted molar refractivity (Wildman–Crippen MR) is 88.9 cm³/mol. The average Bonchev–Trinajstić information content (AvgIpc) is 2.94. The number of amides is 3. The van der Waals surface area contributed by atoms with Crippen molar-refractivity contribution in [2.24, 2.45) is 0 Å². The average molecular weight is 368 g/mol. The van der Waals surface area contributed by atoms with Crippen molar-refractivity contribution in [2.45, 2.75) is 32.9 Å². The molecule has 1 aliphatic rings. The molecule has 3 rings (SSSR count). The van der Waals surface area contributed by atoms with Gasteiger partial charge in [-0.3, -0.25) is 9.69 Å². The molecule has 0 aliphatic carbocycles. The Labute approximate surface area is 148 Å². The van der Waals surface area contributed by atoms with E-state index in [0.29, 0.717) is 27.3 Å². The molecule has 0 saturated carbocycles. The first-order chi connectivity index (χ1) is 11.2. The van der Waals surface area contributed by atoms with Gasteiger partial charge in [-0.25, -0.2) is 9.78 Å². The number of hydrogen-bond acceptors (Lipinski definition) is 4. The molecular formula is C16H15Cl2N3O3. The highest BCUT2D eigenvalue weighted by Crippen LogP contribution is 2.33. The van der Waals surface area contributed by atoms with E-state index >= 15 is 0 Å². The van der Waals surface area contributed by atoms with Crippen LogP contribution in [0.2, 0.25) is 10.0 Å². The number of carbonyl (C=O) groups is 2. The first-order valence-electron chi connectivity index (χ1n) is 7.25. The van der Waals surface area contributed by atoms with Crippen LogP contribution < -0.4 is 5.32 Å². The Bertz CT molecular complexity index is 830. The van der Waals surface area contributed by atoms with Crippen molar-refractivity contribution in [1.29, 1.82) is 0 Å². The molecule has 2 aromatic rings. The maximum Gasteiger partial charge on any atom is 0.325 e. The zero-order valence-corrected chi connectivity index (χ0v) is 14.8. The topological polar surface area (TPSA) is 75.4 Å². The van der Waals surface area contributed by atoms with Crippen molar-refractivity contribution in [2.75, 3.05) is 0 Å². The molecule has 126 valence electrons. The molecule has 1 aliphatic heterocycles. The van der Waals surface area contributed by atoms with Gasteiger partial charge in [0.15, 0.2) is 0 Å².